The molecule has 11 heteroatoms. The number of nitrogens with zero attached hydrogens (tertiary/aromatic N) is 1. The van der Waals surface area contributed by atoms with Crippen LogP contribution < -0.4 is 10.6 Å². The van der Waals surface area contributed by atoms with Crippen LogP contribution in [0.15, 0.2) is 66.7 Å². The molecule has 0 unspecified atom stereocenters. The Kier molecular flexibility index (Phi) is 12.8. The number of hydrogen-bond acceptors (Lipinski definition) is 7. The summed E-state index contributed by atoms with van der Waals surface area (Å²) in [6.07, 6.45) is 3.80. The number of aliphatic hydroxyl groups is 1. The molecule has 2 atom stereocenters. The molecule has 0 aliphatic carbocycles. The minimum atomic E-state index is -3.03. The first-order valence-electron chi connectivity index (χ1n) is 16.1. The molecule has 0 bridgehead atoms. The molecule has 1 aliphatic rings. The van der Waals surface area contributed by atoms with Gasteiger partial charge in [0.2, 0.25) is 0 Å². The molecule has 1 fully saturated rings. The van der Waals surface area contributed by atoms with Gasteiger partial charge in [-0.3, -0.25) is 4.79 Å². The van der Waals surface area contributed by atoms with Crippen LogP contribution in [0.4, 0.5) is 4.79 Å². The maximum absolute atomic E-state index is 13.8. The number of carbonyl (C=O) groups is 2. The van der Waals surface area contributed by atoms with E-state index in [1.807, 2.05) is 47.4 Å². The van der Waals surface area contributed by atoms with Crippen molar-refractivity contribution >= 4 is 33.4 Å². The average Bonchev–Trinajstić information content (AvgIpc) is 3.07. The first kappa shape index (κ1) is 36.4. The topological polar surface area (TPSA) is 125 Å². The number of halogens is 1. The third-order valence-corrected chi connectivity index (χ3v) is 10.1. The number of rotatable bonds is 14. The third-order valence-electron chi connectivity index (χ3n) is 8.86. The lowest BCUT2D eigenvalue weighted by Crippen LogP contribution is -2.48. The van der Waals surface area contributed by atoms with Crippen molar-refractivity contribution in [3.63, 3.8) is 0 Å². The maximum atomic E-state index is 13.8. The van der Waals surface area contributed by atoms with Crippen LogP contribution in [-0.2, 0) is 33.1 Å². The number of piperidine rings is 1. The summed E-state index contributed by atoms with van der Waals surface area (Å²) in [5, 5.41) is 19.2. The predicted molar refractivity (Wildman–Crippen MR) is 186 cm³/mol. The highest BCUT2D eigenvalue weighted by Gasteiger charge is 2.43. The monoisotopic (exact) mass is 683 g/mol. The first-order valence-corrected chi connectivity index (χ1v) is 18.6. The van der Waals surface area contributed by atoms with Gasteiger partial charge in [0.1, 0.15) is 9.84 Å². The number of likely N-dealkylation sites (tertiary alicyclic amines) is 1. The largest absolute Gasteiger partial charge is 0.453 e. The molecule has 3 aromatic carbocycles. The second-order valence-corrected chi connectivity index (χ2v) is 14.9. The number of amides is 2. The zero-order valence-corrected chi connectivity index (χ0v) is 29.0. The van der Waals surface area contributed by atoms with E-state index < -0.39 is 21.5 Å². The molecule has 0 aromatic heterocycles. The van der Waals surface area contributed by atoms with Crippen molar-refractivity contribution in [1.82, 2.24) is 15.5 Å². The van der Waals surface area contributed by atoms with Crippen molar-refractivity contribution in [2.45, 2.75) is 51.2 Å². The highest BCUT2D eigenvalue weighted by molar-refractivity contribution is 7.90. The summed E-state index contributed by atoms with van der Waals surface area (Å²) in [5.74, 6) is -0.332. The quantitative estimate of drug-likeness (QED) is 0.190. The second-order valence-electron chi connectivity index (χ2n) is 12.3. The van der Waals surface area contributed by atoms with Crippen molar-refractivity contribution in [3.05, 3.63) is 94.0 Å². The number of alkyl carbamates (subject to hydrolysis) is 1. The van der Waals surface area contributed by atoms with Gasteiger partial charge in [0.25, 0.3) is 5.91 Å². The minimum absolute atomic E-state index is 0.0651. The van der Waals surface area contributed by atoms with E-state index in [0.29, 0.717) is 68.1 Å². The molecule has 0 radical (unpaired) electrons. The summed E-state index contributed by atoms with van der Waals surface area (Å²) >= 11 is 6.88. The lowest BCUT2D eigenvalue weighted by molar-refractivity contribution is -0.0563. The Balaban J connectivity index is 1.59. The van der Waals surface area contributed by atoms with Crippen LogP contribution in [0.3, 0.4) is 0 Å². The number of carbonyl (C=O) groups excluding carboxylic acids is 2. The summed E-state index contributed by atoms with van der Waals surface area (Å²) in [6.45, 7) is 4.20. The maximum Gasteiger partial charge on any atom is 0.406 e. The zero-order chi connectivity index (χ0) is 34.0. The fourth-order valence-corrected chi connectivity index (χ4v) is 7.09. The number of ether oxygens (including phenoxy) is 1. The van der Waals surface area contributed by atoms with Crippen LogP contribution in [0.2, 0.25) is 5.02 Å². The van der Waals surface area contributed by atoms with E-state index in [9.17, 15) is 23.1 Å². The van der Waals surface area contributed by atoms with Crippen LogP contribution >= 0.6 is 11.6 Å². The fraction of sp³-hybridized carbons (Fsp3) is 0.444. The van der Waals surface area contributed by atoms with Gasteiger partial charge in [-0.25, -0.2) is 13.2 Å². The highest BCUT2D eigenvalue weighted by atomic mass is 35.5. The van der Waals surface area contributed by atoms with Crippen LogP contribution in [0.5, 0.6) is 0 Å². The third kappa shape index (κ3) is 9.79. The van der Waals surface area contributed by atoms with Crippen molar-refractivity contribution in [3.8, 4) is 11.1 Å². The molecule has 0 saturated carbocycles. The van der Waals surface area contributed by atoms with E-state index in [2.05, 4.69) is 29.7 Å². The molecule has 2 amide bonds. The number of nitrogens with one attached hydrogen (secondary N) is 2. The minimum Gasteiger partial charge on any atom is -0.453 e. The van der Waals surface area contributed by atoms with Crippen molar-refractivity contribution in [2.24, 2.45) is 5.92 Å². The smallest absolute Gasteiger partial charge is 0.406 e. The van der Waals surface area contributed by atoms with Crippen LogP contribution in [-0.4, -0.2) is 75.7 Å². The summed E-state index contributed by atoms with van der Waals surface area (Å²) in [6, 6.07) is 21.1. The Hall–Kier alpha value is -3.44. The normalized spacial score (nSPS) is 16.4. The molecule has 4 rings (SSSR count). The average molecular weight is 684 g/mol. The van der Waals surface area contributed by atoms with E-state index in [-0.39, 0.29) is 17.6 Å². The summed E-state index contributed by atoms with van der Waals surface area (Å²) in [5.41, 5.74) is 3.72. The van der Waals surface area contributed by atoms with Gasteiger partial charge in [-0.15, -0.1) is 0 Å². The Labute approximate surface area is 283 Å². The van der Waals surface area contributed by atoms with E-state index in [4.69, 9.17) is 16.3 Å². The van der Waals surface area contributed by atoms with Crippen LogP contribution in [0.25, 0.3) is 11.1 Å². The van der Waals surface area contributed by atoms with Gasteiger partial charge in [-0.1, -0.05) is 67.1 Å². The predicted octanol–water partition coefficient (Wildman–Crippen LogP) is 5.58. The molecular weight excluding hydrogens is 638 g/mol. The van der Waals surface area contributed by atoms with Gasteiger partial charge in [0.15, 0.2) is 0 Å². The van der Waals surface area contributed by atoms with Gasteiger partial charge < -0.3 is 25.4 Å². The Morgan fingerprint density at radius 2 is 1.81 bits per heavy atom. The summed E-state index contributed by atoms with van der Waals surface area (Å²) in [4.78, 5) is 27.3. The Morgan fingerprint density at radius 1 is 1.06 bits per heavy atom. The molecule has 0 spiro atoms. The summed E-state index contributed by atoms with van der Waals surface area (Å²) in [7, 11) is -1.72. The van der Waals surface area contributed by atoms with E-state index >= 15 is 0 Å². The summed E-state index contributed by atoms with van der Waals surface area (Å²) < 4.78 is 27.5. The van der Waals surface area contributed by atoms with E-state index in [1.54, 1.807) is 12.1 Å². The molecular formula is C36H46ClN3O6S. The SMILES string of the molecule is CCc1cccc(-c2c(Cl)cccc2[C@](O)(CCCNC(=O)OC)[C@@H]2CCCN(C(=O)c3ccc(CNCCS(C)(=O)=O)cc3)C2)c1. The number of benzene rings is 3. The van der Waals surface area contributed by atoms with Crippen molar-refractivity contribution in [2.75, 3.05) is 45.3 Å². The fourth-order valence-electron chi connectivity index (χ4n) is 6.29. The highest BCUT2D eigenvalue weighted by Crippen LogP contribution is 2.45. The second kappa shape index (κ2) is 16.6. The molecule has 1 saturated heterocycles. The molecule has 3 aromatic rings. The lowest BCUT2D eigenvalue weighted by atomic mass is 9.72. The molecule has 1 heterocycles. The first-order chi connectivity index (χ1) is 22.4. The molecule has 1 aliphatic heterocycles. The molecule has 9 nitrogen and oxygen atoms in total. The van der Waals surface area contributed by atoms with Crippen LogP contribution in [0, 0.1) is 5.92 Å². The van der Waals surface area contributed by atoms with Crippen molar-refractivity contribution in [1.29, 1.82) is 0 Å². The number of aryl methyl sites for hydroxylation is 1. The number of hydrogen-bond donors (Lipinski definition) is 3. The van der Waals surface area contributed by atoms with E-state index in [1.165, 1.54) is 13.4 Å². The van der Waals surface area contributed by atoms with Gasteiger partial charge in [0, 0.05) is 61.0 Å². The number of methoxy groups -OCH3 is 1. The van der Waals surface area contributed by atoms with Gasteiger partial charge in [0.05, 0.1) is 18.5 Å². The number of sulfone groups is 1. The molecule has 254 valence electrons. The van der Waals surface area contributed by atoms with Gasteiger partial charge in [-0.05, 0) is 72.6 Å². The zero-order valence-electron chi connectivity index (χ0n) is 27.4. The molecule has 47 heavy (non-hydrogen) atoms. The molecule has 3 N–H and O–H groups in total. The lowest BCUT2D eigenvalue weighted by Gasteiger charge is -2.44. The Morgan fingerprint density at radius 3 is 2.51 bits per heavy atom. The Bertz CT molecular complexity index is 1630. The van der Waals surface area contributed by atoms with Gasteiger partial charge in [-0.2, -0.15) is 0 Å². The van der Waals surface area contributed by atoms with Crippen molar-refractivity contribution < 1.29 is 27.9 Å². The van der Waals surface area contributed by atoms with Gasteiger partial charge >= 0.3 is 6.09 Å². The van der Waals surface area contributed by atoms with Crippen LogP contribution in [0.1, 0.15) is 59.7 Å². The van der Waals surface area contributed by atoms with E-state index in [0.717, 1.165) is 35.1 Å². The standard InChI is InChI=1S/C36H46ClN3O6S/c1-4-26-9-5-10-29(23-26)33-31(12-6-13-32(33)37)36(43,18-8-19-39-35(42)46-2)30-11-7-21-40(25-30)34(41)28-16-14-27(15-17-28)24-38-20-22-47(3,44)45/h5-6,9-10,12-17,23,30,38,43H,4,7-8,11,18-22,24-25H2,1-3H3,(H,39,42)/t30-,36+/m1/s1.